The Kier molecular flexibility index (Phi) is 6.71. The second-order valence-electron chi connectivity index (χ2n) is 6.61. The van der Waals surface area contributed by atoms with Gasteiger partial charge in [-0.1, -0.05) is 40.2 Å². The molecule has 0 saturated heterocycles. The van der Waals surface area contributed by atoms with Gasteiger partial charge in [-0.25, -0.2) is 4.98 Å². The van der Waals surface area contributed by atoms with E-state index < -0.39 is 0 Å². The molecule has 4 nitrogen and oxygen atoms in total. The summed E-state index contributed by atoms with van der Waals surface area (Å²) in [6.45, 7) is 0.409. The van der Waals surface area contributed by atoms with E-state index in [0.717, 1.165) is 30.3 Å². The lowest BCUT2D eigenvalue weighted by Crippen LogP contribution is -1.99. The molecule has 154 valence electrons. The summed E-state index contributed by atoms with van der Waals surface area (Å²) in [6, 6.07) is 21.8. The summed E-state index contributed by atoms with van der Waals surface area (Å²) in [5, 5.41) is 10.4. The lowest BCUT2D eigenvalue weighted by Gasteiger charge is -2.14. The molecule has 3 aromatic carbocycles. The molecule has 1 aromatic heterocycles. The van der Waals surface area contributed by atoms with Gasteiger partial charge < -0.3 is 9.47 Å². The Morgan fingerprint density at radius 2 is 1.90 bits per heavy atom. The molecule has 4 aromatic rings. The molecule has 0 aliphatic carbocycles. The molecule has 4 rings (SSSR count). The summed E-state index contributed by atoms with van der Waals surface area (Å²) in [6.07, 6.45) is 1.81. The lowest BCUT2D eigenvalue weighted by atomic mass is 10.1. The number of aromatic nitrogens is 1. The zero-order valence-corrected chi connectivity index (χ0v) is 20.4. The highest BCUT2D eigenvalue weighted by Crippen LogP contribution is 2.38. The van der Waals surface area contributed by atoms with E-state index in [4.69, 9.17) is 9.47 Å². The predicted molar refractivity (Wildman–Crippen MR) is 132 cm³/mol. The average molecular weight is 556 g/mol. The van der Waals surface area contributed by atoms with Gasteiger partial charge in [0, 0.05) is 4.47 Å². The molecule has 1 heterocycles. The van der Waals surface area contributed by atoms with Crippen molar-refractivity contribution in [2.24, 2.45) is 0 Å². The van der Waals surface area contributed by atoms with Crippen molar-refractivity contribution < 1.29 is 9.47 Å². The quantitative estimate of drug-likeness (QED) is 0.231. The molecule has 0 N–H and O–H groups in total. The summed E-state index contributed by atoms with van der Waals surface area (Å²) in [7, 11) is 1.60. The Hall–Kier alpha value is -2.66. The Bertz CT molecular complexity index is 1270. The van der Waals surface area contributed by atoms with Crippen molar-refractivity contribution in [1.82, 2.24) is 4.98 Å². The molecular weight excluding hydrogens is 540 g/mol. The highest BCUT2D eigenvalue weighted by Gasteiger charge is 2.14. The monoisotopic (exact) mass is 554 g/mol. The molecule has 0 radical (unpaired) electrons. The molecule has 0 bridgehead atoms. The second kappa shape index (κ2) is 9.65. The summed E-state index contributed by atoms with van der Waals surface area (Å²) < 4.78 is 14.4. The third-order valence-corrected chi connectivity index (χ3v) is 6.69. The smallest absolute Gasteiger partial charge is 0.175 e. The normalized spacial score (nSPS) is 11.4. The number of benzene rings is 3. The maximum Gasteiger partial charge on any atom is 0.175 e. The van der Waals surface area contributed by atoms with Crippen LogP contribution in [0.15, 0.2) is 69.6 Å². The minimum Gasteiger partial charge on any atom is -0.493 e. The van der Waals surface area contributed by atoms with Crippen molar-refractivity contribution in [2.45, 2.75) is 6.61 Å². The molecule has 0 aliphatic rings. The van der Waals surface area contributed by atoms with E-state index >= 15 is 0 Å². The zero-order chi connectivity index (χ0) is 21.8. The molecule has 0 unspecified atom stereocenters. The van der Waals surface area contributed by atoms with Crippen LogP contribution < -0.4 is 9.47 Å². The molecular formula is C24H16Br2N2O2S. The number of halogens is 2. The van der Waals surface area contributed by atoms with Crippen LogP contribution in [0, 0.1) is 11.3 Å². The largest absolute Gasteiger partial charge is 0.493 e. The van der Waals surface area contributed by atoms with Crippen LogP contribution in [0.5, 0.6) is 11.5 Å². The maximum absolute atomic E-state index is 9.72. The Morgan fingerprint density at radius 3 is 2.61 bits per heavy atom. The number of nitrogens with zero attached hydrogens (tertiary/aromatic N) is 2. The van der Waals surface area contributed by atoms with Crippen LogP contribution in [-0.2, 0) is 6.61 Å². The van der Waals surface area contributed by atoms with Gasteiger partial charge in [-0.3, -0.25) is 0 Å². The molecule has 31 heavy (non-hydrogen) atoms. The first-order chi connectivity index (χ1) is 15.1. The van der Waals surface area contributed by atoms with Gasteiger partial charge in [0.2, 0.25) is 0 Å². The first-order valence-electron chi connectivity index (χ1n) is 9.30. The van der Waals surface area contributed by atoms with Gasteiger partial charge in [-0.05, 0) is 69.5 Å². The highest BCUT2D eigenvalue weighted by molar-refractivity contribution is 9.10. The minimum atomic E-state index is 0.409. The van der Waals surface area contributed by atoms with Crippen LogP contribution in [0.1, 0.15) is 16.1 Å². The number of rotatable bonds is 6. The number of hydrogen-bond acceptors (Lipinski definition) is 5. The first kappa shape index (κ1) is 21.6. The Labute approximate surface area is 201 Å². The number of thiazole rings is 1. The van der Waals surface area contributed by atoms with Gasteiger partial charge >= 0.3 is 0 Å². The van der Waals surface area contributed by atoms with E-state index in [1.54, 1.807) is 7.11 Å². The van der Waals surface area contributed by atoms with Crippen molar-refractivity contribution in [3.63, 3.8) is 0 Å². The van der Waals surface area contributed by atoms with Crippen LogP contribution in [0.25, 0.3) is 21.9 Å². The van der Waals surface area contributed by atoms with Crippen molar-refractivity contribution in [3.05, 3.63) is 85.7 Å². The molecule has 0 aliphatic heterocycles. The fraction of sp³-hybridized carbons (Fsp3) is 0.0833. The lowest BCUT2D eigenvalue weighted by molar-refractivity contribution is 0.282. The van der Waals surface area contributed by atoms with Crippen molar-refractivity contribution in [2.75, 3.05) is 7.11 Å². The Balaban J connectivity index is 1.63. The van der Waals surface area contributed by atoms with Crippen LogP contribution in [0.2, 0.25) is 0 Å². The maximum atomic E-state index is 9.72. The van der Waals surface area contributed by atoms with Crippen LogP contribution >= 0.6 is 43.2 Å². The average Bonchev–Trinajstić information content (AvgIpc) is 3.21. The van der Waals surface area contributed by atoms with Crippen LogP contribution in [0.3, 0.4) is 0 Å². The number of methoxy groups -OCH3 is 1. The number of hydrogen-bond donors (Lipinski definition) is 0. The van der Waals surface area contributed by atoms with Crippen LogP contribution in [-0.4, -0.2) is 12.1 Å². The SMILES string of the molecule is COc1cc(/C=C(\C#N)c2nc3ccccc3s2)cc(Br)c1OCc1ccc(Br)cc1. The zero-order valence-electron chi connectivity index (χ0n) is 16.4. The number of fused-ring (bicyclic) bond motifs is 1. The molecule has 0 saturated carbocycles. The van der Waals surface area contributed by atoms with E-state index in [1.807, 2.05) is 66.7 Å². The van der Waals surface area contributed by atoms with E-state index in [1.165, 1.54) is 11.3 Å². The summed E-state index contributed by atoms with van der Waals surface area (Å²) >= 11 is 8.52. The summed E-state index contributed by atoms with van der Waals surface area (Å²) in [5.74, 6) is 1.19. The standard InChI is InChI=1S/C24H16Br2N2O2S/c1-29-21-12-16(10-17(13-27)24-28-20-4-2-3-5-22(20)31-24)11-19(26)23(21)30-14-15-6-8-18(25)9-7-15/h2-12H,14H2,1H3/b17-10+. The highest BCUT2D eigenvalue weighted by atomic mass is 79.9. The van der Waals surface area contributed by atoms with E-state index in [2.05, 4.69) is 42.9 Å². The number of para-hydroxylation sites is 1. The molecule has 0 spiro atoms. The third-order valence-electron chi connectivity index (χ3n) is 4.50. The van der Waals surface area contributed by atoms with Crippen LogP contribution in [0.4, 0.5) is 0 Å². The second-order valence-corrected chi connectivity index (χ2v) is 9.41. The molecule has 0 atom stereocenters. The van der Waals surface area contributed by atoms with Crippen molar-refractivity contribution >= 4 is 65.1 Å². The molecule has 0 fully saturated rings. The number of nitriles is 1. The van der Waals surface area contributed by atoms with E-state index in [0.29, 0.717) is 28.7 Å². The first-order valence-corrected chi connectivity index (χ1v) is 11.7. The molecule has 7 heteroatoms. The number of ether oxygens (including phenoxy) is 2. The van der Waals surface area contributed by atoms with Crippen molar-refractivity contribution in [3.8, 4) is 17.6 Å². The Morgan fingerprint density at radius 1 is 1.13 bits per heavy atom. The number of allylic oxidation sites excluding steroid dienone is 1. The van der Waals surface area contributed by atoms with Crippen molar-refractivity contribution in [1.29, 1.82) is 5.26 Å². The predicted octanol–water partition coefficient (Wildman–Crippen LogP) is 7.47. The van der Waals surface area contributed by atoms with Gasteiger partial charge in [-0.2, -0.15) is 5.26 Å². The summed E-state index contributed by atoms with van der Waals surface area (Å²) in [5.41, 5.74) is 3.25. The van der Waals surface area contributed by atoms with Gasteiger partial charge in [0.15, 0.2) is 11.5 Å². The van der Waals surface area contributed by atoms with E-state index in [-0.39, 0.29) is 0 Å². The van der Waals surface area contributed by atoms with Gasteiger partial charge in [0.05, 0.1) is 27.4 Å². The topological polar surface area (TPSA) is 55.1 Å². The third kappa shape index (κ3) is 4.99. The fourth-order valence-electron chi connectivity index (χ4n) is 3.00. The van der Waals surface area contributed by atoms with Gasteiger partial charge in [0.1, 0.15) is 17.7 Å². The minimum absolute atomic E-state index is 0.409. The van der Waals surface area contributed by atoms with E-state index in [9.17, 15) is 5.26 Å². The summed E-state index contributed by atoms with van der Waals surface area (Å²) in [4.78, 5) is 4.59. The molecule has 0 amide bonds. The fourth-order valence-corrected chi connectivity index (χ4v) is 4.77. The van der Waals surface area contributed by atoms with Gasteiger partial charge in [-0.15, -0.1) is 11.3 Å². The van der Waals surface area contributed by atoms with Gasteiger partial charge in [0.25, 0.3) is 0 Å².